The predicted octanol–water partition coefficient (Wildman–Crippen LogP) is 0.869. The lowest BCUT2D eigenvalue weighted by molar-refractivity contribution is 0.00462. The summed E-state index contributed by atoms with van der Waals surface area (Å²) in [5.41, 5.74) is 5.46. The highest BCUT2D eigenvalue weighted by molar-refractivity contribution is 4.72. The number of ether oxygens (including phenoxy) is 3. The third-order valence-corrected chi connectivity index (χ3v) is 3.43. The quantitative estimate of drug-likeness (QED) is 0.567. The molecule has 114 valence electrons. The first kappa shape index (κ1) is 16.9. The van der Waals surface area contributed by atoms with E-state index in [-0.39, 0.29) is 0 Å². The highest BCUT2D eigenvalue weighted by atomic mass is 16.5. The molecule has 0 amide bonds. The second-order valence-corrected chi connectivity index (χ2v) is 5.01. The summed E-state index contributed by atoms with van der Waals surface area (Å²) in [6, 6.07) is 0. The number of rotatable bonds is 11. The van der Waals surface area contributed by atoms with Gasteiger partial charge in [-0.3, -0.25) is 0 Å². The number of likely N-dealkylation sites (tertiary alicyclic amines) is 1. The topological polar surface area (TPSA) is 57.0 Å². The van der Waals surface area contributed by atoms with Crippen LogP contribution >= 0.6 is 0 Å². The predicted molar refractivity (Wildman–Crippen MR) is 76.4 cm³/mol. The zero-order chi connectivity index (χ0) is 13.8. The molecule has 0 aliphatic carbocycles. The van der Waals surface area contributed by atoms with Gasteiger partial charge in [-0.15, -0.1) is 0 Å². The Morgan fingerprint density at radius 2 is 1.84 bits per heavy atom. The van der Waals surface area contributed by atoms with Crippen LogP contribution in [0.15, 0.2) is 0 Å². The fourth-order valence-electron chi connectivity index (χ4n) is 2.27. The molecule has 1 saturated heterocycles. The van der Waals surface area contributed by atoms with E-state index in [0.717, 1.165) is 65.1 Å². The van der Waals surface area contributed by atoms with Crippen LogP contribution in [0.3, 0.4) is 0 Å². The van der Waals surface area contributed by atoms with E-state index in [4.69, 9.17) is 19.9 Å². The average molecular weight is 274 g/mol. The minimum absolute atomic E-state index is 0.445. The van der Waals surface area contributed by atoms with Crippen LogP contribution in [0.4, 0.5) is 0 Å². The van der Waals surface area contributed by atoms with Crippen LogP contribution in [-0.4, -0.2) is 70.7 Å². The number of methoxy groups -OCH3 is 1. The van der Waals surface area contributed by atoms with Crippen molar-refractivity contribution in [2.75, 3.05) is 59.7 Å². The Bertz CT molecular complexity index is 194. The van der Waals surface area contributed by atoms with E-state index < -0.39 is 0 Å². The summed E-state index contributed by atoms with van der Waals surface area (Å²) < 4.78 is 16.2. The Kier molecular flexibility index (Phi) is 10.3. The van der Waals surface area contributed by atoms with Gasteiger partial charge < -0.3 is 24.8 Å². The molecule has 1 rings (SSSR count). The van der Waals surface area contributed by atoms with Gasteiger partial charge in [0.15, 0.2) is 0 Å². The van der Waals surface area contributed by atoms with Crippen molar-refractivity contribution in [3.63, 3.8) is 0 Å². The molecule has 2 N–H and O–H groups in total. The highest BCUT2D eigenvalue weighted by Crippen LogP contribution is 2.14. The molecule has 0 bridgehead atoms. The second-order valence-electron chi connectivity index (χ2n) is 5.01. The zero-order valence-electron chi connectivity index (χ0n) is 12.3. The van der Waals surface area contributed by atoms with Gasteiger partial charge in [-0.2, -0.15) is 0 Å². The summed E-state index contributed by atoms with van der Waals surface area (Å²) in [5.74, 6) is 0. The molecule has 0 aromatic heterocycles. The fraction of sp³-hybridized carbons (Fsp3) is 1.00. The maximum Gasteiger partial charge on any atom is 0.0700 e. The van der Waals surface area contributed by atoms with Crippen molar-refractivity contribution in [2.24, 2.45) is 5.73 Å². The van der Waals surface area contributed by atoms with Crippen molar-refractivity contribution < 1.29 is 14.2 Å². The fourth-order valence-corrected chi connectivity index (χ4v) is 2.27. The number of hydrogen-bond acceptors (Lipinski definition) is 5. The Morgan fingerprint density at radius 3 is 2.53 bits per heavy atom. The molecule has 5 heteroatoms. The summed E-state index contributed by atoms with van der Waals surface area (Å²) in [6.45, 7) is 7.17. The molecule has 0 aromatic rings. The molecule has 0 unspecified atom stereocenters. The highest BCUT2D eigenvalue weighted by Gasteiger charge is 2.18. The lowest BCUT2D eigenvalue weighted by Gasteiger charge is -2.31. The van der Waals surface area contributed by atoms with Crippen LogP contribution in [0, 0.1) is 0 Å². The number of hydrogen-bond donors (Lipinski definition) is 1. The number of piperidine rings is 1. The molecular weight excluding hydrogens is 244 g/mol. The first-order valence-electron chi connectivity index (χ1n) is 7.47. The monoisotopic (exact) mass is 274 g/mol. The lowest BCUT2D eigenvalue weighted by Crippen LogP contribution is -2.38. The minimum Gasteiger partial charge on any atom is -0.382 e. The van der Waals surface area contributed by atoms with Gasteiger partial charge in [0.2, 0.25) is 0 Å². The SMILES string of the molecule is COCCOCCCN1CCC(OCCCN)CC1. The van der Waals surface area contributed by atoms with Gasteiger partial charge >= 0.3 is 0 Å². The largest absolute Gasteiger partial charge is 0.382 e. The molecule has 0 atom stereocenters. The average Bonchev–Trinajstić information content (AvgIpc) is 2.44. The van der Waals surface area contributed by atoms with Gasteiger partial charge in [-0.1, -0.05) is 0 Å². The smallest absolute Gasteiger partial charge is 0.0700 e. The third kappa shape index (κ3) is 8.55. The van der Waals surface area contributed by atoms with E-state index in [1.807, 2.05) is 0 Å². The van der Waals surface area contributed by atoms with Gasteiger partial charge in [-0.25, -0.2) is 0 Å². The van der Waals surface area contributed by atoms with E-state index in [1.165, 1.54) is 0 Å². The molecule has 0 spiro atoms. The molecule has 1 heterocycles. The lowest BCUT2D eigenvalue weighted by atomic mass is 10.1. The summed E-state index contributed by atoms with van der Waals surface area (Å²) in [6.07, 6.45) is 4.81. The Balaban J connectivity index is 1.92. The first-order chi connectivity index (χ1) is 9.36. The standard InChI is InChI=1S/C14H30N2O3/c1-17-12-13-18-10-3-7-16-8-4-14(5-9-16)19-11-2-6-15/h14H,2-13,15H2,1H3. The van der Waals surface area contributed by atoms with Crippen LogP contribution in [0.5, 0.6) is 0 Å². The van der Waals surface area contributed by atoms with Gasteiger partial charge in [0, 0.05) is 40.0 Å². The van der Waals surface area contributed by atoms with Crippen LogP contribution in [0.2, 0.25) is 0 Å². The summed E-state index contributed by atoms with van der Waals surface area (Å²) in [7, 11) is 1.70. The van der Waals surface area contributed by atoms with Crippen LogP contribution < -0.4 is 5.73 Å². The molecule has 0 radical (unpaired) electrons. The maximum absolute atomic E-state index is 5.80. The van der Waals surface area contributed by atoms with Gasteiger partial charge in [0.05, 0.1) is 19.3 Å². The van der Waals surface area contributed by atoms with Crippen LogP contribution in [-0.2, 0) is 14.2 Å². The molecule has 1 fully saturated rings. The van der Waals surface area contributed by atoms with E-state index >= 15 is 0 Å². The summed E-state index contributed by atoms with van der Waals surface area (Å²) in [4.78, 5) is 2.50. The van der Waals surface area contributed by atoms with Crippen molar-refractivity contribution in [3.8, 4) is 0 Å². The van der Waals surface area contributed by atoms with Crippen LogP contribution in [0.25, 0.3) is 0 Å². The Hall–Kier alpha value is -0.200. The molecule has 19 heavy (non-hydrogen) atoms. The molecule has 5 nitrogen and oxygen atoms in total. The van der Waals surface area contributed by atoms with Gasteiger partial charge in [0.25, 0.3) is 0 Å². The molecule has 0 saturated carbocycles. The summed E-state index contributed by atoms with van der Waals surface area (Å²) >= 11 is 0. The number of nitrogens with two attached hydrogens (primary N) is 1. The van der Waals surface area contributed by atoms with Crippen LogP contribution in [0.1, 0.15) is 25.7 Å². The molecule has 1 aliphatic heterocycles. The van der Waals surface area contributed by atoms with Crippen molar-refractivity contribution in [1.82, 2.24) is 4.90 Å². The molecule has 0 aromatic carbocycles. The van der Waals surface area contributed by atoms with E-state index in [0.29, 0.717) is 19.3 Å². The Labute approximate surface area is 117 Å². The van der Waals surface area contributed by atoms with Crippen molar-refractivity contribution in [1.29, 1.82) is 0 Å². The number of nitrogens with zero attached hydrogens (tertiary/aromatic N) is 1. The van der Waals surface area contributed by atoms with E-state index in [2.05, 4.69) is 4.90 Å². The van der Waals surface area contributed by atoms with Crippen molar-refractivity contribution in [3.05, 3.63) is 0 Å². The summed E-state index contributed by atoms with van der Waals surface area (Å²) in [5, 5.41) is 0. The van der Waals surface area contributed by atoms with E-state index in [1.54, 1.807) is 7.11 Å². The van der Waals surface area contributed by atoms with E-state index in [9.17, 15) is 0 Å². The van der Waals surface area contributed by atoms with Crippen molar-refractivity contribution in [2.45, 2.75) is 31.8 Å². The van der Waals surface area contributed by atoms with Gasteiger partial charge in [0.1, 0.15) is 0 Å². The molecule has 1 aliphatic rings. The van der Waals surface area contributed by atoms with Crippen molar-refractivity contribution >= 4 is 0 Å². The maximum atomic E-state index is 5.80. The molecular formula is C14H30N2O3. The third-order valence-electron chi connectivity index (χ3n) is 3.43. The second kappa shape index (κ2) is 11.6. The van der Waals surface area contributed by atoms with Gasteiger partial charge in [-0.05, 0) is 32.2 Å². The first-order valence-corrected chi connectivity index (χ1v) is 7.47. The zero-order valence-corrected chi connectivity index (χ0v) is 12.3. The normalized spacial score (nSPS) is 18.0. The Morgan fingerprint density at radius 1 is 1.05 bits per heavy atom. The minimum atomic E-state index is 0.445.